The van der Waals surface area contributed by atoms with Gasteiger partial charge in [0, 0.05) is 31.4 Å². The van der Waals surface area contributed by atoms with E-state index < -0.39 is 0 Å². The van der Waals surface area contributed by atoms with Crippen molar-refractivity contribution >= 4 is 17.3 Å². The molecule has 0 saturated heterocycles. The number of benzene rings is 2. The van der Waals surface area contributed by atoms with Gasteiger partial charge in [-0.15, -0.1) is 0 Å². The standard InChI is InChI=1S/C21H22N4/c1-16-12-18-10-6-7-11-19(18)25(16)21-13-20(22-15-23-21)24(2)14-17-8-4-3-5-9-17/h3-11,13,15-16H,12,14H2,1-2H3. The monoisotopic (exact) mass is 330 g/mol. The fourth-order valence-corrected chi connectivity index (χ4v) is 3.53. The van der Waals surface area contributed by atoms with Crippen molar-refractivity contribution in [3.8, 4) is 0 Å². The molecule has 0 N–H and O–H groups in total. The van der Waals surface area contributed by atoms with Gasteiger partial charge in [0.2, 0.25) is 0 Å². The van der Waals surface area contributed by atoms with Crippen molar-refractivity contribution in [2.24, 2.45) is 0 Å². The van der Waals surface area contributed by atoms with Crippen molar-refractivity contribution in [2.75, 3.05) is 16.8 Å². The van der Waals surface area contributed by atoms with Gasteiger partial charge < -0.3 is 9.80 Å². The zero-order valence-corrected chi connectivity index (χ0v) is 14.6. The minimum Gasteiger partial charge on any atom is -0.355 e. The van der Waals surface area contributed by atoms with Gasteiger partial charge in [0.25, 0.3) is 0 Å². The van der Waals surface area contributed by atoms with Gasteiger partial charge in [0.1, 0.15) is 18.0 Å². The predicted molar refractivity (Wildman–Crippen MR) is 102 cm³/mol. The summed E-state index contributed by atoms with van der Waals surface area (Å²) in [4.78, 5) is 13.5. The molecule has 0 fully saturated rings. The molecule has 126 valence electrons. The molecule has 0 aliphatic carbocycles. The Balaban J connectivity index is 1.62. The molecule has 1 atom stereocenters. The van der Waals surface area contributed by atoms with Gasteiger partial charge in [0.05, 0.1) is 0 Å². The van der Waals surface area contributed by atoms with Crippen LogP contribution in [0.2, 0.25) is 0 Å². The van der Waals surface area contributed by atoms with Crippen molar-refractivity contribution in [3.05, 3.63) is 78.1 Å². The summed E-state index contributed by atoms with van der Waals surface area (Å²) < 4.78 is 0. The third-order valence-corrected chi connectivity index (χ3v) is 4.75. The number of fused-ring (bicyclic) bond motifs is 1. The summed E-state index contributed by atoms with van der Waals surface area (Å²) in [5, 5.41) is 0. The Morgan fingerprint density at radius 3 is 2.64 bits per heavy atom. The van der Waals surface area contributed by atoms with Crippen LogP contribution in [-0.2, 0) is 13.0 Å². The molecule has 0 saturated carbocycles. The average Bonchev–Trinajstić information content (AvgIpc) is 2.98. The van der Waals surface area contributed by atoms with Gasteiger partial charge in [-0.3, -0.25) is 0 Å². The van der Waals surface area contributed by atoms with Crippen molar-refractivity contribution in [3.63, 3.8) is 0 Å². The van der Waals surface area contributed by atoms with Crippen molar-refractivity contribution in [1.29, 1.82) is 0 Å². The molecule has 4 rings (SSSR count). The number of aromatic nitrogens is 2. The number of anilines is 3. The molecule has 1 aromatic heterocycles. The normalized spacial score (nSPS) is 15.9. The second-order valence-corrected chi connectivity index (χ2v) is 6.63. The summed E-state index contributed by atoms with van der Waals surface area (Å²) in [6.45, 7) is 3.07. The molecule has 3 aromatic rings. The van der Waals surface area contributed by atoms with Crippen LogP contribution in [0.25, 0.3) is 0 Å². The lowest BCUT2D eigenvalue weighted by molar-refractivity contribution is 0.748. The third kappa shape index (κ3) is 3.07. The van der Waals surface area contributed by atoms with E-state index in [0.29, 0.717) is 6.04 Å². The van der Waals surface area contributed by atoms with Crippen molar-refractivity contribution < 1.29 is 0 Å². The molecular weight excluding hydrogens is 308 g/mol. The lowest BCUT2D eigenvalue weighted by atomic mass is 10.1. The minimum absolute atomic E-state index is 0.402. The summed E-state index contributed by atoms with van der Waals surface area (Å²) in [5.41, 5.74) is 3.91. The minimum atomic E-state index is 0.402. The molecule has 0 spiro atoms. The molecule has 1 unspecified atom stereocenters. The molecule has 2 heterocycles. The van der Waals surface area contributed by atoms with Crippen molar-refractivity contribution in [2.45, 2.75) is 25.9 Å². The van der Waals surface area contributed by atoms with Crippen LogP contribution in [0.1, 0.15) is 18.1 Å². The highest BCUT2D eigenvalue weighted by Crippen LogP contribution is 2.37. The molecule has 0 radical (unpaired) electrons. The summed E-state index contributed by atoms with van der Waals surface area (Å²) in [6.07, 6.45) is 2.72. The highest BCUT2D eigenvalue weighted by atomic mass is 15.3. The summed E-state index contributed by atoms with van der Waals surface area (Å²) in [6, 6.07) is 21.5. The van der Waals surface area contributed by atoms with Crippen LogP contribution in [0.5, 0.6) is 0 Å². The van der Waals surface area contributed by atoms with Crippen molar-refractivity contribution in [1.82, 2.24) is 9.97 Å². The van der Waals surface area contributed by atoms with E-state index >= 15 is 0 Å². The number of hydrogen-bond acceptors (Lipinski definition) is 4. The third-order valence-electron chi connectivity index (χ3n) is 4.75. The van der Waals surface area contributed by atoms with E-state index in [-0.39, 0.29) is 0 Å². The quantitative estimate of drug-likeness (QED) is 0.718. The first-order valence-electron chi connectivity index (χ1n) is 8.66. The van der Waals surface area contributed by atoms with E-state index in [9.17, 15) is 0 Å². The molecule has 2 aromatic carbocycles. The summed E-state index contributed by atoms with van der Waals surface area (Å²) >= 11 is 0. The van der Waals surface area contributed by atoms with Crippen LogP contribution in [0, 0.1) is 0 Å². The Morgan fingerprint density at radius 2 is 1.80 bits per heavy atom. The number of hydrogen-bond donors (Lipinski definition) is 0. The summed E-state index contributed by atoms with van der Waals surface area (Å²) in [7, 11) is 2.07. The highest BCUT2D eigenvalue weighted by Gasteiger charge is 2.28. The second kappa shape index (κ2) is 6.55. The van der Waals surface area contributed by atoms with Crippen LogP contribution >= 0.6 is 0 Å². The number of rotatable bonds is 4. The first-order valence-corrected chi connectivity index (χ1v) is 8.66. The average molecular weight is 330 g/mol. The predicted octanol–water partition coefficient (Wildman–Crippen LogP) is 4.20. The largest absolute Gasteiger partial charge is 0.355 e. The molecule has 25 heavy (non-hydrogen) atoms. The van der Waals surface area contributed by atoms with E-state index in [1.807, 2.05) is 6.07 Å². The molecule has 4 nitrogen and oxygen atoms in total. The Morgan fingerprint density at radius 1 is 1.04 bits per heavy atom. The van der Waals surface area contributed by atoms with Crippen LogP contribution in [0.3, 0.4) is 0 Å². The Bertz CT molecular complexity index is 863. The van der Waals surface area contributed by atoms with Gasteiger partial charge >= 0.3 is 0 Å². The molecule has 4 heteroatoms. The molecule has 0 bridgehead atoms. The number of nitrogens with zero attached hydrogens (tertiary/aromatic N) is 4. The topological polar surface area (TPSA) is 32.3 Å². The van der Waals surface area contributed by atoms with Gasteiger partial charge in [-0.05, 0) is 30.5 Å². The fourth-order valence-electron chi connectivity index (χ4n) is 3.53. The van der Waals surface area contributed by atoms with Crippen LogP contribution < -0.4 is 9.80 Å². The van der Waals surface area contributed by atoms with E-state index in [4.69, 9.17) is 0 Å². The van der Waals surface area contributed by atoms with E-state index in [1.165, 1.54) is 16.8 Å². The maximum Gasteiger partial charge on any atom is 0.138 e. The van der Waals surface area contributed by atoms with Gasteiger partial charge in [-0.2, -0.15) is 0 Å². The Kier molecular flexibility index (Phi) is 4.10. The summed E-state index contributed by atoms with van der Waals surface area (Å²) in [5.74, 6) is 1.90. The second-order valence-electron chi connectivity index (χ2n) is 6.63. The molecule has 0 amide bonds. The fraction of sp³-hybridized carbons (Fsp3) is 0.238. The maximum absolute atomic E-state index is 4.55. The van der Waals surface area contributed by atoms with Gasteiger partial charge in [-0.25, -0.2) is 9.97 Å². The smallest absolute Gasteiger partial charge is 0.138 e. The van der Waals surface area contributed by atoms with E-state index in [1.54, 1.807) is 6.33 Å². The Labute approximate surface area is 148 Å². The van der Waals surface area contributed by atoms with Gasteiger partial charge in [-0.1, -0.05) is 48.5 Å². The van der Waals surface area contributed by atoms with Crippen LogP contribution in [-0.4, -0.2) is 23.1 Å². The lowest BCUT2D eigenvalue weighted by Crippen LogP contribution is -2.25. The van der Waals surface area contributed by atoms with Gasteiger partial charge in [0.15, 0.2) is 0 Å². The van der Waals surface area contributed by atoms with Crippen LogP contribution in [0.4, 0.5) is 17.3 Å². The molecular formula is C21H22N4. The SMILES string of the molecule is CC1Cc2ccccc2N1c1cc(N(C)Cc2ccccc2)ncn1. The zero-order chi connectivity index (χ0) is 17.2. The first kappa shape index (κ1) is 15.6. The van der Waals surface area contributed by atoms with Crippen LogP contribution in [0.15, 0.2) is 67.0 Å². The first-order chi connectivity index (χ1) is 12.2. The maximum atomic E-state index is 4.55. The molecule has 1 aliphatic rings. The zero-order valence-electron chi connectivity index (χ0n) is 14.6. The number of para-hydroxylation sites is 1. The highest BCUT2D eigenvalue weighted by molar-refractivity contribution is 5.70. The lowest BCUT2D eigenvalue weighted by Gasteiger charge is -2.25. The Hall–Kier alpha value is -2.88. The molecule has 1 aliphatic heterocycles. The van der Waals surface area contributed by atoms with E-state index in [0.717, 1.165) is 24.6 Å². The van der Waals surface area contributed by atoms with E-state index in [2.05, 4.69) is 88.3 Å².